The Kier molecular flexibility index (Phi) is 7.56. The molecule has 1 aromatic heterocycles. The van der Waals surface area contributed by atoms with E-state index in [4.69, 9.17) is 9.72 Å². The number of aromatic nitrogens is 2. The number of rotatable bonds is 9. The second kappa shape index (κ2) is 10.1. The highest BCUT2D eigenvalue weighted by Gasteiger charge is 2.15. The molecule has 1 heterocycles. The van der Waals surface area contributed by atoms with Gasteiger partial charge in [-0.1, -0.05) is 69.8 Å². The number of ether oxygens (including phenoxy) is 1. The molecule has 160 valence electrons. The third kappa shape index (κ3) is 5.43. The van der Waals surface area contributed by atoms with E-state index in [2.05, 4.69) is 27.7 Å². The van der Waals surface area contributed by atoms with E-state index < -0.39 is 6.10 Å². The molecule has 0 amide bonds. The average molecular weight is 427 g/mol. The summed E-state index contributed by atoms with van der Waals surface area (Å²) in [7, 11) is 0. The Labute approximate surface area is 182 Å². The Morgan fingerprint density at radius 2 is 1.77 bits per heavy atom. The monoisotopic (exact) mass is 426 g/mol. The first kappa shape index (κ1) is 22.4. The molecule has 1 N–H and O–H groups in total. The Morgan fingerprint density at radius 1 is 1.07 bits per heavy atom. The molecule has 0 saturated carbocycles. The predicted octanol–water partition coefficient (Wildman–Crippen LogP) is 4.71. The van der Waals surface area contributed by atoms with Crippen LogP contribution in [0.5, 0.6) is 5.75 Å². The highest BCUT2D eigenvalue weighted by atomic mass is 32.2. The number of aliphatic hydroxyl groups excluding tert-OH is 1. The fourth-order valence-electron chi connectivity index (χ4n) is 3.28. The summed E-state index contributed by atoms with van der Waals surface area (Å²) in [6, 6.07) is 15.3. The van der Waals surface area contributed by atoms with Gasteiger partial charge in [-0.2, -0.15) is 0 Å². The topological polar surface area (TPSA) is 64.3 Å². The van der Waals surface area contributed by atoms with E-state index in [-0.39, 0.29) is 12.2 Å². The fourth-order valence-corrected chi connectivity index (χ4v) is 4.19. The maximum absolute atomic E-state index is 13.0. The first-order valence-corrected chi connectivity index (χ1v) is 11.4. The SMILES string of the molecule is CC(C)Cn1c(SC[C@H](O)COc2ccccc2C(C)C)nc2ccccc2c1=O. The fraction of sp³-hybridized carbons (Fsp3) is 0.417. The zero-order chi connectivity index (χ0) is 21.7. The number of hydrogen-bond acceptors (Lipinski definition) is 5. The number of para-hydroxylation sites is 2. The molecule has 5 nitrogen and oxygen atoms in total. The van der Waals surface area contributed by atoms with E-state index in [1.54, 1.807) is 4.57 Å². The van der Waals surface area contributed by atoms with Crippen LogP contribution >= 0.6 is 11.8 Å². The van der Waals surface area contributed by atoms with E-state index in [1.165, 1.54) is 11.8 Å². The van der Waals surface area contributed by atoms with E-state index in [0.29, 0.717) is 40.2 Å². The van der Waals surface area contributed by atoms with Crippen molar-refractivity contribution in [1.82, 2.24) is 9.55 Å². The van der Waals surface area contributed by atoms with Gasteiger partial charge in [0, 0.05) is 12.3 Å². The molecule has 6 heteroatoms. The predicted molar refractivity (Wildman–Crippen MR) is 124 cm³/mol. The van der Waals surface area contributed by atoms with Crippen LogP contribution in [0.4, 0.5) is 0 Å². The Balaban J connectivity index is 1.72. The first-order chi connectivity index (χ1) is 14.4. The van der Waals surface area contributed by atoms with Gasteiger partial charge < -0.3 is 9.84 Å². The van der Waals surface area contributed by atoms with Crippen molar-refractivity contribution in [1.29, 1.82) is 0 Å². The van der Waals surface area contributed by atoms with Gasteiger partial charge in [0.1, 0.15) is 12.4 Å². The zero-order valence-electron chi connectivity index (χ0n) is 18.0. The maximum atomic E-state index is 13.0. The van der Waals surface area contributed by atoms with Gasteiger partial charge in [-0.3, -0.25) is 9.36 Å². The summed E-state index contributed by atoms with van der Waals surface area (Å²) in [4.78, 5) is 17.7. The molecule has 0 bridgehead atoms. The van der Waals surface area contributed by atoms with Crippen molar-refractivity contribution in [3.8, 4) is 5.75 Å². The Hall–Kier alpha value is -2.31. The smallest absolute Gasteiger partial charge is 0.262 e. The number of thioether (sulfide) groups is 1. The van der Waals surface area contributed by atoms with Crippen LogP contribution in [-0.2, 0) is 6.54 Å². The zero-order valence-corrected chi connectivity index (χ0v) is 18.9. The number of hydrogen-bond donors (Lipinski definition) is 1. The van der Waals surface area contributed by atoms with Gasteiger partial charge in [0.2, 0.25) is 0 Å². The third-order valence-electron chi connectivity index (χ3n) is 4.75. The summed E-state index contributed by atoms with van der Waals surface area (Å²) in [6.45, 7) is 9.17. The normalized spacial score (nSPS) is 12.6. The lowest BCUT2D eigenvalue weighted by Crippen LogP contribution is -2.26. The molecule has 0 fully saturated rings. The lowest BCUT2D eigenvalue weighted by atomic mass is 10.0. The lowest BCUT2D eigenvalue weighted by molar-refractivity contribution is 0.125. The molecule has 0 aliphatic heterocycles. The average Bonchev–Trinajstić information content (AvgIpc) is 2.73. The third-order valence-corrected chi connectivity index (χ3v) is 5.87. The summed E-state index contributed by atoms with van der Waals surface area (Å²) >= 11 is 1.39. The molecular formula is C24H30N2O3S. The maximum Gasteiger partial charge on any atom is 0.262 e. The van der Waals surface area contributed by atoms with Crippen molar-refractivity contribution in [2.75, 3.05) is 12.4 Å². The van der Waals surface area contributed by atoms with Crippen molar-refractivity contribution in [3.05, 3.63) is 64.4 Å². The lowest BCUT2D eigenvalue weighted by Gasteiger charge is -2.18. The largest absolute Gasteiger partial charge is 0.491 e. The van der Waals surface area contributed by atoms with Crippen LogP contribution in [-0.4, -0.2) is 33.1 Å². The van der Waals surface area contributed by atoms with Crippen LogP contribution in [0.2, 0.25) is 0 Å². The summed E-state index contributed by atoms with van der Waals surface area (Å²) < 4.78 is 7.61. The second-order valence-electron chi connectivity index (χ2n) is 8.19. The van der Waals surface area contributed by atoms with Crippen molar-refractivity contribution < 1.29 is 9.84 Å². The van der Waals surface area contributed by atoms with Crippen molar-refractivity contribution in [2.45, 2.75) is 51.4 Å². The van der Waals surface area contributed by atoms with E-state index in [0.717, 1.165) is 11.3 Å². The standard InChI is InChI=1S/C24H30N2O3S/c1-16(2)13-26-23(28)20-10-5-7-11-21(20)25-24(26)30-15-18(27)14-29-22-12-8-6-9-19(22)17(3)4/h5-12,16-18,27H,13-15H2,1-4H3/t18-/m1/s1. The highest BCUT2D eigenvalue weighted by Crippen LogP contribution is 2.26. The highest BCUT2D eigenvalue weighted by molar-refractivity contribution is 7.99. The van der Waals surface area contributed by atoms with Crippen LogP contribution in [0.1, 0.15) is 39.2 Å². The quantitative estimate of drug-likeness (QED) is 0.397. The van der Waals surface area contributed by atoms with Gasteiger partial charge in [0.25, 0.3) is 5.56 Å². The minimum Gasteiger partial charge on any atom is -0.491 e. The molecule has 3 aromatic rings. The van der Waals surface area contributed by atoms with E-state index >= 15 is 0 Å². The van der Waals surface area contributed by atoms with Gasteiger partial charge in [-0.15, -0.1) is 0 Å². The molecule has 0 aliphatic carbocycles. The van der Waals surface area contributed by atoms with Gasteiger partial charge in [-0.05, 0) is 35.6 Å². The molecule has 3 rings (SSSR count). The number of fused-ring (bicyclic) bond motifs is 1. The molecule has 0 spiro atoms. The summed E-state index contributed by atoms with van der Waals surface area (Å²) in [6.07, 6.45) is -0.675. The van der Waals surface area contributed by atoms with Gasteiger partial charge in [0.05, 0.1) is 17.0 Å². The molecular weight excluding hydrogens is 396 g/mol. The van der Waals surface area contributed by atoms with Crippen LogP contribution in [0.15, 0.2) is 58.5 Å². The second-order valence-corrected chi connectivity index (χ2v) is 9.18. The van der Waals surface area contributed by atoms with E-state index in [1.807, 2.05) is 48.5 Å². The van der Waals surface area contributed by atoms with Crippen LogP contribution < -0.4 is 10.3 Å². The number of aliphatic hydroxyl groups is 1. The van der Waals surface area contributed by atoms with Crippen molar-refractivity contribution >= 4 is 22.7 Å². The van der Waals surface area contributed by atoms with Gasteiger partial charge in [-0.25, -0.2) is 4.98 Å². The molecule has 0 saturated heterocycles. The van der Waals surface area contributed by atoms with Gasteiger partial charge >= 0.3 is 0 Å². The number of nitrogens with zero attached hydrogens (tertiary/aromatic N) is 2. The van der Waals surface area contributed by atoms with Crippen molar-refractivity contribution in [3.63, 3.8) is 0 Å². The van der Waals surface area contributed by atoms with Crippen LogP contribution in [0.25, 0.3) is 10.9 Å². The summed E-state index contributed by atoms with van der Waals surface area (Å²) in [5.74, 6) is 1.86. The van der Waals surface area contributed by atoms with Crippen molar-refractivity contribution in [2.24, 2.45) is 5.92 Å². The molecule has 30 heavy (non-hydrogen) atoms. The molecule has 1 atom stereocenters. The Morgan fingerprint density at radius 3 is 2.50 bits per heavy atom. The molecule has 0 radical (unpaired) electrons. The first-order valence-electron chi connectivity index (χ1n) is 10.4. The summed E-state index contributed by atoms with van der Waals surface area (Å²) in [5.41, 5.74) is 1.77. The molecule has 0 aliphatic rings. The minimum atomic E-state index is -0.675. The van der Waals surface area contributed by atoms with Crippen LogP contribution in [0, 0.1) is 5.92 Å². The molecule has 0 unspecified atom stereocenters. The number of benzene rings is 2. The van der Waals surface area contributed by atoms with E-state index in [9.17, 15) is 9.90 Å². The van der Waals surface area contributed by atoms with Crippen LogP contribution in [0.3, 0.4) is 0 Å². The molecule has 2 aromatic carbocycles. The minimum absolute atomic E-state index is 0.0339. The summed E-state index contributed by atoms with van der Waals surface area (Å²) in [5, 5.41) is 11.8. The van der Waals surface area contributed by atoms with Gasteiger partial charge in [0.15, 0.2) is 5.16 Å². The Bertz CT molecular complexity index is 1050.